The van der Waals surface area contributed by atoms with Crippen LogP contribution >= 0.6 is 11.6 Å². The Kier molecular flexibility index (Phi) is 5.44. The summed E-state index contributed by atoms with van der Waals surface area (Å²) in [4.78, 5) is 11.6. The normalized spacial score (nSPS) is 18.5. The maximum atomic E-state index is 11.6. The summed E-state index contributed by atoms with van der Waals surface area (Å²) in [6.45, 7) is 1.92. The van der Waals surface area contributed by atoms with E-state index in [9.17, 15) is 9.90 Å². The maximum absolute atomic E-state index is 11.6. The summed E-state index contributed by atoms with van der Waals surface area (Å²) < 4.78 is 0. The minimum atomic E-state index is -0.839. The molecule has 4 heteroatoms. The molecule has 1 fully saturated rings. The Bertz CT molecular complexity index is 468. The topological polar surface area (TPSA) is 49.3 Å². The van der Waals surface area contributed by atoms with E-state index >= 15 is 0 Å². The average Bonchev–Trinajstić information content (AvgIpc) is 2.67. The molecule has 3 nitrogen and oxygen atoms in total. The van der Waals surface area contributed by atoms with Crippen LogP contribution in [0, 0.1) is 6.92 Å². The molecule has 1 saturated carbocycles. The molecule has 1 aliphatic rings. The Labute approximate surface area is 125 Å². The lowest BCUT2D eigenvalue weighted by Gasteiger charge is -2.22. The first-order valence-electron chi connectivity index (χ1n) is 7.33. The van der Waals surface area contributed by atoms with Crippen molar-refractivity contribution in [2.24, 2.45) is 0 Å². The monoisotopic (exact) mass is 295 g/mol. The predicted molar refractivity (Wildman–Crippen MR) is 81.2 cm³/mol. The van der Waals surface area contributed by atoms with Crippen molar-refractivity contribution in [3.8, 4) is 0 Å². The maximum Gasteiger partial charge on any atom is 0.325 e. The van der Waals surface area contributed by atoms with Gasteiger partial charge in [0.2, 0.25) is 0 Å². The highest BCUT2D eigenvalue weighted by atomic mass is 35.5. The van der Waals surface area contributed by atoms with Gasteiger partial charge < -0.3 is 5.11 Å². The number of aryl methyl sites for hydroxylation is 1. The van der Waals surface area contributed by atoms with Crippen LogP contribution in [0.3, 0.4) is 0 Å². The van der Waals surface area contributed by atoms with E-state index in [2.05, 4.69) is 5.32 Å². The molecule has 0 heterocycles. The van der Waals surface area contributed by atoms with Gasteiger partial charge in [-0.05, 0) is 37.0 Å². The van der Waals surface area contributed by atoms with Crippen molar-refractivity contribution in [1.29, 1.82) is 0 Å². The average molecular weight is 296 g/mol. The zero-order valence-corrected chi connectivity index (χ0v) is 12.6. The van der Waals surface area contributed by atoms with E-state index in [1.54, 1.807) is 6.07 Å². The lowest BCUT2D eigenvalue weighted by atomic mass is 10.0. The van der Waals surface area contributed by atoms with Crippen molar-refractivity contribution < 1.29 is 9.90 Å². The molecular weight excluding hydrogens is 274 g/mol. The highest BCUT2D eigenvalue weighted by Crippen LogP contribution is 2.24. The van der Waals surface area contributed by atoms with Gasteiger partial charge in [0.05, 0.1) is 0 Å². The van der Waals surface area contributed by atoms with Gasteiger partial charge in [0.1, 0.15) is 6.04 Å². The van der Waals surface area contributed by atoms with Crippen molar-refractivity contribution in [1.82, 2.24) is 5.32 Å². The van der Waals surface area contributed by atoms with Gasteiger partial charge in [-0.15, -0.1) is 0 Å². The van der Waals surface area contributed by atoms with Gasteiger partial charge in [-0.25, -0.2) is 0 Å². The molecule has 20 heavy (non-hydrogen) atoms. The summed E-state index contributed by atoms with van der Waals surface area (Å²) >= 11 is 6.11. The van der Waals surface area contributed by atoms with Crippen LogP contribution in [-0.4, -0.2) is 17.1 Å². The standard InChI is InChI=1S/C16H22ClNO2/c1-11-8-9-12(10-14(11)17)15(16(19)20)18-13-6-4-2-3-5-7-13/h8-10,13,15,18H,2-7H2,1H3,(H,19,20). The van der Waals surface area contributed by atoms with Crippen molar-refractivity contribution in [3.05, 3.63) is 34.3 Å². The van der Waals surface area contributed by atoms with Crippen LogP contribution in [0.1, 0.15) is 55.7 Å². The molecule has 0 saturated heterocycles. The number of nitrogens with one attached hydrogen (secondary N) is 1. The lowest BCUT2D eigenvalue weighted by molar-refractivity contribution is -0.140. The minimum absolute atomic E-state index is 0.290. The van der Waals surface area contributed by atoms with Crippen LogP contribution in [0.2, 0.25) is 5.02 Å². The minimum Gasteiger partial charge on any atom is -0.480 e. The first-order valence-corrected chi connectivity index (χ1v) is 7.70. The quantitative estimate of drug-likeness (QED) is 0.823. The Balaban J connectivity index is 2.13. The van der Waals surface area contributed by atoms with E-state index in [0.29, 0.717) is 11.1 Å². The molecule has 0 spiro atoms. The van der Waals surface area contributed by atoms with Gasteiger partial charge in [-0.1, -0.05) is 49.4 Å². The van der Waals surface area contributed by atoms with Crippen molar-refractivity contribution >= 4 is 17.6 Å². The SMILES string of the molecule is Cc1ccc(C(NC2CCCCCC2)C(=O)O)cc1Cl. The summed E-state index contributed by atoms with van der Waals surface area (Å²) in [5.74, 6) is -0.839. The van der Waals surface area contributed by atoms with Gasteiger partial charge in [-0.3, -0.25) is 10.1 Å². The third kappa shape index (κ3) is 3.97. The molecule has 2 rings (SSSR count). The van der Waals surface area contributed by atoms with Crippen molar-refractivity contribution in [2.45, 2.75) is 57.5 Å². The fourth-order valence-corrected chi connectivity index (χ4v) is 2.97. The first kappa shape index (κ1) is 15.3. The van der Waals surface area contributed by atoms with E-state index in [4.69, 9.17) is 11.6 Å². The fraction of sp³-hybridized carbons (Fsp3) is 0.562. The highest BCUT2D eigenvalue weighted by Gasteiger charge is 2.24. The van der Waals surface area contributed by atoms with E-state index in [1.807, 2.05) is 19.1 Å². The van der Waals surface area contributed by atoms with E-state index < -0.39 is 12.0 Å². The van der Waals surface area contributed by atoms with E-state index in [1.165, 1.54) is 25.7 Å². The molecule has 1 aromatic carbocycles. The van der Waals surface area contributed by atoms with Gasteiger partial charge in [-0.2, -0.15) is 0 Å². The predicted octanol–water partition coefficient (Wildman–Crippen LogP) is 4.09. The molecule has 0 aromatic heterocycles. The van der Waals surface area contributed by atoms with Crippen LogP contribution in [0.15, 0.2) is 18.2 Å². The molecule has 0 aliphatic heterocycles. The lowest BCUT2D eigenvalue weighted by Crippen LogP contribution is -2.36. The summed E-state index contributed by atoms with van der Waals surface area (Å²) in [7, 11) is 0. The second-order valence-corrected chi connectivity index (χ2v) is 6.04. The summed E-state index contributed by atoms with van der Waals surface area (Å²) in [5.41, 5.74) is 1.70. The Hall–Kier alpha value is -1.06. The van der Waals surface area contributed by atoms with E-state index in [-0.39, 0.29) is 0 Å². The first-order chi connectivity index (χ1) is 9.58. The Morgan fingerprint density at radius 2 is 1.95 bits per heavy atom. The summed E-state index contributed by atoms with van der Waals surface area (Å²) in [6, 6.07) is 5.11. The third-order valence-electron chi connectivity index (χ3n) is 4.03. The number of carboxylic acids is 1. The largest absolute Gasteiger partial charge is 0.480 e. The number of benzene rings is 1. The van der Waals surface area contributed by atoms with Crippen LogP contribution in [0.5, 0.6) is 0 Å². The van der Waals surface area contributed by atoms with Crippen LogP contribution in [-0.2, 0) is 4.79 Å². The number of aliphatic carboxylic acids is 1. The molecule has 1 unspecified atom stereocenters. The van der Waals surface area contributed by atoms with Gasteiger partial charge in [0.15, 0.2) is 0 Å². The van der Waals surface area contributed by atoms with Gasteiger partial charge in [0, 0.05) is 11.1 Å². The third-order valence-corrected chi connectivity index (χ3v) is 4.44. The zero-order chi connectivity index (χ0) is 14.5. The molecule has 1 aliphatic carbocycles. The molecular formula is C16H22ClNO2. The number of rotatable bonds is 4. The van der Waals surface area contributed by atoms with Crippen LogP contribution in [0.4, 0.5) is 0 Å². The Morgan fingerprint density at radius 3 is 2.50 bits per heavy atom. The number of hydrogen-bond acceptors (Lipinski definition) is 2. The molecule has 0 radical (unpaired) electrons. The smallest absolute Gasteiger partial charge is 0.325 e. The Morgan fingerprint density at radius 1 is 1.30 bits per heavy atom. The van der Waals surface area contributed by atoms with Crippen LogP contribution in [0.25, 0.3) is 0 Å². The summed E-state index contributed by atoms with van der Waals surface area (Å²) in [5, 5.41) is 13.4. The summed E-state index contributed by atoms with van der Waals surface area (Å²) in [6.07, 6.45) is 6.99. The number of carboxylic acid groups (broad SMARTS) is 1. The van der Waals surface area contributed by atoms with Gasteiger partial charge >= 0.3 is 5.97 Å². The second kappa shape index (κ2) is 7.09. The van der Waals surface area contributed by atoms with Crippen LogP contribution < -0.4 is 5.32 Å². The number of hydrogen-bond donors (Lipinski definition) is 2. The zero-order valence-electron chi connectivity index (χ0n) is 11.9. The van der Waals surface area contributed by atoms with Gasteiger partial charge in [0.25, 0.3) is 0 Å². The molecule has 0 bridgehead atoms. The fourth-order valence-electron chi connectivity index (χ4n) is 2.78. The molecule has 1 atom stereocenters. The number of carbonyl (C=O) groups is 1. The molecule has 2 N–H and O–H groups in total. The molecule has 110 valence electrons. The van der Waals surface area contributed by atoms with Crippen molar-refractivity contribution in [2.75, 3.05) is 0 Å². The molecule has 0 amide bonds. The van der Waals surface area contributed by atoms with Crippen molar-refractivity contribution in [3.63, 3.8) is 0 Å². The molecule has 1 aromatic rings. The number of halogens is 1. The van der Waals surface area contributed by atoms with E-state index in [0.717, 1.165) is 24.0 Å². The highest BCUT2D eigenvalue weighted by molar-refractivity contribution is 6.31. The second-order valence-electron chi connectivity index (χ2n) is 5.64.